The van der Waals surface area contributed by atoms with Crippen LogP contribution in [0.4, 0.5) is 0 Å². The number of fused-ring (bicyclic) bond motifs is 2. The molecule has 2 N–H and O–H groups in total. The summed E-state index contributed by atoms with van der Waals surface area (Å²) in [6, 6.07) is -0.377. The second-order valence-corrected chi connectivity index (χ2v) is 5.97. The molecule has 0 heterocycles. The molecule has 3 heteroatoms. The van der Waals surface area contributed by atoms with Gasteiger partial charge in [-0.3, -0.25) is 4.79 Å². The second-order valence-electron chi connectivity index (χ2n) is 5.97. The molecule has 2 rings (SSSR count). The van der Waals surface area contributed by atoms with Crippen LogP contribution in [0.25, 0.3) is 0 Å². The summed E-state index contributed by atoms with van der Waals surface area (Å²) in [5, 5.41) is 12.4. The molecule has 2 aliphatic carbocycles. The maximum atomic E-state index is 11.1. The Labute approximate surface area is 103 Å². The van der Waals surface area contributed by atoms with Gasteiger partial charge in [-0.1, -0.05) is 26.0 Å². The van der Waals surface area contributed by atoms with Gasteiger partial charge < -0.3 is 10.4 Å². The minimum atomic E-state index is -0.711. The predicted octanol–water partition coefficient (Wildman–Crippen LogP) is 2.29. The monoisotopic (exact) mass is 237 g/mol. The van der Waals surface area contributed by atoms with Crippen molar-refractivity contribution in [3.05, 3.63) is 12.2 Å². The summed E-state index contributed by atoms with van der Waals surface area (Å²) in [7, 11) is 0. The van der Waals surface area contributed by atoms with Crippen molar-refractivity contribution in [3.8, 4) is 0 Å². The number of rotatable bonds is 6. The predicted molar refractivity (Wildman–Crippen MR) is 67.7 cm³/mol. The van der Waals surface area contributed by atoms with Crippen LogP contribution in [0.15, 0.2) is 12.2 Å². The van der Waals surface area contributed by atoms with Gasteiger partial charge in [-0.05, 0) is 49.5 Å². The molecular formula is C14H23NO2. The quantitative estimate of drug-likeness (QED) is 0.697. The lowest BCUT2D eigenvalue weighted by atomic mass is 9.93. The minimum absolute atomic E-state index is 0.377. The smallest absolute Gasteiger partial charge is 0.320 e. The van der Waals surface area contributed by atoms with Gasteiger partial charge in [-0.15, -0.1) is 0 Å². The fraction of sp³-hybridized carbons (Fsp3) is 0.786. The number of carbonyl (C=O) groups is 1. The van der Waals surface area contributed by atoms with Crippen molar-refractivity contribution in [1.29, 1.82) is 0 Å². The van der Waals surface area contributed by atoms with Crippen LogP contribution < -0.4 is 5.32 Å². The van der Waals surface area contributed by atoms with Crippen LogP contribution >= 0.6 is 0 Å². The Balaban J connectivity index is 1.79. The van der Waals surface area contributed by atoms with Crippen LogP contribution in [0.2, 0.25) is 0 Å². The fourth-order valence-electron chi connectivity index (χ4n) is 3.17. The van der Waals surface area contributed by atoms with Gasteiger partial charge in [0.1, 0.15) is 6.04 Å². The highest BCUT2D eigenvalue weighted by Gasteiger charge is 2.35. The van der Waals surface area contributed by atoms with E-state index in [2.05, 4.69) is 31.3 Å². The lowest BCUT2D eigenvalue weighted by molar-refractivity contribution is -0.140. The highest BCUT2D eigenvalue weighted by Crippen LogP contribution is 2.42. The lowest BCUT2D eigenvalue weighted by Crippen LogP contribution is -2.41. The highest BCUT2D eigenvalue weighted by molar-refractivity contribution is 5.73. The molecule has 0 aromatic rings. The van der Waals surface area contributed by atoms with E-state index in [1.165, 1.54) is 12.8 Å². The first-order chi connectivity index (χ1) is 8.06. The molecular weight excluding hydrogens is 214 g/mol. The second kappa shape index (κ2) is 5.21. The van der Waals surface area contributed by atoms with Crippen molar-refractivity contribution < 1.29 is 9.90 Å². The first-order valence-corrected chi connectivity index (χ1v) is 6.70. The third kappa shape index (κ3) is 3.09. The summed E-state index contributed by atoms with van der Waals surface area (Å²) in [5.74, 6) is 1.82. The highest BCUT2D eigenvalue weighted by atomic mass is 16.4. The first-order valence-electron chi connectivity index (χ1n) is 6.70. The summed E-state index contributed by atoms with van der Waals surface area (Å²) in [6.45, 7) is 4.99. The number of allylic oxidation sites excluding steroid dienone is 2. The van der Waals surface area contributed by atoms with E-state index < -0.39 is 5.97 Å². The normalized spacial score (nSPS) is 32.3. The van der Waals surface area contributed by atoms with E-state index in [9.17, 15) is 4.79 Å². The molecule has 2 bridgehead atoms. The van der Waals surface area contributed by atoms with Gasteiger partial charge in [-0.2, -0.15) is 0 Å². The molecule has 96 valence electrons. The van der Waals surface area contributed by atoms with E-state index in [-0.39, 0.29) is 6.04 Å². The van der Waals surface area contributed by atoms with E-state index in [1.54, 1.807) is 0 Å². The van der Waals surface area contributed by atoms with Crippen molar-refractivity contribution in [2.45, 2.75) is 39.2 Å². The van der Waals surface area contributed by atoms with Crippen LogP contribution in [0.3, 0.4) is 0 Å². The number of nitrogens with one attached hydrogen (secondary N) is 1. The van der Waals surface area contributed by atoms with Crippen molar-refractivity contribution in [1.82, 2.24) is 5.32 Å². The van der Waals surface area contributed by atoms with Crippen LogP contribution in [0, 0.1) is 23.7 Å². The van der Waals surface area contributed by atoms with E-state index in [4.69, 9.17) is 5.11 Å². The molecule has 3 nitrogen and oxygen atoms in total. The van der Waals surface area contributed by atoms with Crippen LogP contribution in [0.5, 0.6) is 0 Å². The van der Waals surface area contributed by atoms with Crippen molar-refractivity contribution >= 4 is 5.97 Å². The largest absolute Gasteiger partial charge is 0.480 e. The molecule has 0 radical (unpaired) electrons. The van der Waals surface area contributed by atoms with E-state index in [0.29, 0.717) is 24.2 Å². The van der Waals surface area contributed by atoms with Crippen LogP contribution in [-0.4, -0.2) is 23.7 Å². The van der Waals surface area contributed by atoms with Gasteiger partial charge >= 0.3 is 5.97 Å². The molecule has 4 unspecified atom stereocenters. The molecule has 2 aliphatic rings. The van der Waals surface area contributed by atoms with E-state index in [1.807, 2.05) is 0 Å². The van der Waals surface area contributed by atoms with E-state index in [0.717, 1.165) is 12.5 Å². The molecule has 0 aromatic heterocycles. The summed E-state index contributed by atoms with van der Waals surface area (Å²) in [6.07, 6.45) is 7.88. The molecule has 0 aromatic carbocycles. The third-order valence-electron chi connectivity index (χ3n) is 4.05. The van der Waals surface area contributed by atoms with Crippen molar-refractivity contribution in [2.75, 3.05) is 6.54 Å². The zero-order chi connectivity index (χ0) is 12.4. The Kier molecular flexibility index (Phi) is 3.87. The fourth-order valence-corrected chi connectivity index (χ4v) is 3.17. The number of hydrogen-bond acceptors (Lipinski definition) is 2. The Morgan fingerprint density at radius 2 is 2.18 bits per heavy atom. The molecule has 0 aliphatic heterocycles. The zero-order valence-corrected chi connectivity index (χ0v) is 10.7. The standard InChI is InChI=1S/C14H23NO2/c1-9(2)5-13(14(16)17)15-8-12-7-10-3-4-11(12)6-10/h3-4,9-13,15H,5-8H2,1-2H3,(H,16,17). The van der Waals surface area contributed by atoms with Crippen molar-refractivity contribution in [2.24, 2.45) is 23.7 Å². The lowest BCUT2D eigenvalue weighted by Gasteiger charge is -2.22. The Bertz CT molecular complexity index is 311. The number of carboxylic acid groups (broad SMARTS) is 1. The average Bonchev–Trinajstić information content (AvgIpc) is 2.84. The molecule has 0 saturated heterocycles. The summed E-state index contributed by atoms with van der Waals surface area (Å²) in [4.78, 5) is 11.1. The van der Waals surface area contributed by atoms with Crippen LogP contribution in [0.1, 0.15) is 33.1 Å². The number of aliphatic carboxylic acids is 1. The maximum Gasteiger partial charge on any atom is 0.320 e. The first kappa shape index (κ1) is 12.6. The Morgan fingerprint density at radius 1 is 1.41 bits per heavy atom. The number of carboxylic acids is 1. The average molecular weight is 237 g/mol. The van der Waals surface area contributed by atoms with Gasteiger partial charge in [0.05, 0.1) is 0 Å². The van der Waals surface area contributed by atoms with Gasteiger partial charge in [0.25, 0.3) is 0 Å². The molecule has 0 spiro atoms. The topological polar surface area (TPSA) is 49.3 Å². The summed E-state index contributed by atoms with van der Waals surface area (Å²) in [5.41, 5.74) is 0. The van der Waals surface area contributed by atoms with Crippen LogP contribution in [-0.2, 0) is 4.79 Å². The van der Waals surface area contributed by atoms with E-state index >= 15 is 0 Å². The minimum Gasteiger partial charge on any atom is -0.480 e. The molecule has 17 heavy (non-hydrogen) atoms. The van der Waals surface area contributed by atoms with Crippen molar-refractivity contribution in [3.63, 3.8) is 0 Å². The third-order valence-corrected chi connectivity index (χ3v) is 4.05. The Hall–Kier alpha value is -0.830. The maximum absolute atomic E-state index is 11.1. The SMILES string of the molecule is CC(C)CC(NCC1CC2C=CC1C2)C(=O)O. The number of hydrogen-bond donors (Lipinski definition) is 2. The molecule has 1 saturated carbocycles. The van der Waals surface area contributed by atoms with Gasteiger partial charge in [-0.25, -0.2) is 0 Å². The van der Waals surface area contributed by atoms with Gasteiger partial charge in [0.2, 0.25) is 0 Å². The van der Waals surface area contributed by atoms with Gasteiger partial charge in [0, 0.05) is 0 Å². The molecule has 4 atom stereocenters. The molecule has 0 amide bonds. The summed E-state index contributed by atoms with van der Waals surface area (Å²) < 4.78 is 0. The summed E-state index contributed by atoms with van der Waals surface area (Å²) >= 11 is 0. The zero-order valence-electron chi connectivity index (χ0n) is 10.7. The Morgan fingerprint density at radius 3 is 2.65 bits per heavy atom. The van der Waals surface area contributed by atoms with Gasteiger partial charge in [0.15, 0.2) is 0 Å². The molecule has 1 fully saturated rings.